The van der Waals surface area contributed by atoms with E-state index in [0.717, 1.165) is 11.1 Å². The third kappa shape index (κ3) is 5.04. The van der Waals surface area contributed by atoms with Gasteiger partial charge in [0.2, 0.25) is 5.91 Å². The molecule has 0 atom stereocenters. The fraction of sp³-hybridized carbons (Fsp3) is 0.222. The monoisotopic (exact) mass is 357 g/mol. The van der Waals surface area contributed by atoms with E-state index in [1.807, 2.05) is 26.0 Å². The van der Waals surface area contributed by atoms with Gasteiger partial charge in [0.1, 0.15) is 0 Å². The van der Waals surface area contributed by atoms with E-state index in [9.17, 15) is 19.7 Å². The molecule has 0 aliphatic carbocycles. The van der Waals surface area contributed by atoms with Gasteiger partial charge in [0.05, 0.1) is 11.5 Å². The van der Waals surface area contributed by atoms with Gasteiger partial charge in [-0.05, 0) is 37.1 Å². The summed E-state index contributed by atoms with van der Waals surface area (Å²) in [5.41, 5.74) is 2.45. The van der Waals surface area contributed by atoms with Crippen LogP contribution in [0.1, 0.15) is 11.1 Å². The van der Waals surface area contributed by atoms with E-state index in [1.54, 1.807) is 12.1 Å². The summed E-state index contributed by atoms with van der Waals surface area (Å²) in [7, 11) is 0. The molecule has 0 bridgehead atoms. The summed E-state index contributed by atoms with van der Waals surface area (Å²) < 4.78 is 5.16. The Kier molecular flexibility index (Phi) is 6.26. The molecule has 0 aromatic heterocycles. The fourth-order valence-electron chi connectivity index (χ4n) is 2.18. The standard InChI is InChI=1S/C18H19N3O5/c1-12-6-5-7-14(13(12)2)20-17(22)10-19-18(23)11-26-16-9-4-3-8-15(16)21(24)25/h3-9H,10-11H2,1-2H3,(H,19,23)(H,20,22). The van der Waals surface area contributed by atoms with Crippen LogP contribution in [0.2, 0.25) is 0 Å². The van der Waals surface area contributed by atoms with Gasteiger partial charge >= 0.3 is 5.69 Å². The molecule has 26 heavy (non-hydrogen) atoms. The van der Waals surface area contributed by atoms with Crippen LogP contribution < -0.4 is 15.4 Å². The zero-order valence-corrected chi connectivity index (χ0v) is 14.4. The number of aryl methyl sites for hydroxylation is 1. The van der Waals surface area contributed by atoms with Gasteiger partial charge in [-0.25, -0.2) is 0 Å². The lowest BCUT2D eigenvalue weighted by atomic mass is 10.1. The van der Waals surface area contributed by atoms with Crippen molar-refractivity contribution in [2.24, 2.45) is 0 Å². The summed E-state index contributed by atoms with van der Waals surface area (Å²) in [5, 5.41) is 16.0. The number of ether oxygens (including phenoxy) is 1. The van der Waals surface area contributed by atoms with E-state index in [0.29, 0.717) is 5.69 Å². The molecule has 8 heteroatoms. The Labute approximate surface area is 150 Å². The number of para-hydroxylation sites is 2. The Hall–Kier alpha value is -3.42. The highest BCUT2D eigenvalue weighted by Gasteiger charge is 2.15. The Morgan fingerprint density at radius 2 is 1.81 bits per heavy atom. The first-order valence-electron chi connectivity index (χ1n) is 7.87. The number of anilines is 1. The normalized spacial score (nSPS) is 10.1. The fourth-order valence-corrected chi connectivity index (χ4v) is 2.18. The van der Waals surface area contributed by atoms with Gasteiger partial charge < -0.3 is 15.4 Å². The molecule has 0 spiro atoms. The van der Waals surface area contributed by atoms with E-state index in [4.69, 9.17) is 4.74 Å². The smallest absolute Gasteiger partial charge is 0.310 e. The first-order chi connectivity index (χ1) is 12.4. The van der Waals surface area contributed by atoms with Gasteiger partial charge in [0, 0.05) is 11.8 Å². The first-order valence-corrected chi connectivity index (χ1v) is 7.87. The second-order valence-corrected chi connectivity index (χ2v) is 5.59. The topological polar surface area (TPSA) is 111 Å². The first kappa shape index (κ1) is 18.9. The van der Waals surface area contributed by atoms with Crippen molar-refractivity contribution in [3.05, 3.63) is 63.7 Å². The largest absolute Gasteiger partial charge is 0.477 e. The number of benzene rings is 2. The number of nitrogens with one attached hydrogen (secondary N) is 2. The van der Waals surface area contributed by atoms with Crippen LogP contribution >= 0.6 is 0 Å². The highest BCUT2D eigenvalue weighted by molar-refractivity contribution is 5.95. The minimum atomic E-state index is -0.592. The van der Waals surface area contributed by atoms with Gasteiger partial charge in [-0.1, -0.05) is 24.3 Å². The number of nitrogens with zero attached hydrogens (tertiary/aromatic N) is 1. The summed E-state index contributed by atoms with van der Waals surface area (Å²) in [6, 6.07) is 11.3. The molecule has 0 unspecified atom stereocenters. The van der Waals surface area contributed by atoms with Crippen LogP contribution in [0, 0.1) is 24.0 Å². The number of carbonyl (C=O) groups excluding carboxylic acids is 2. The number of rotatable bonds is 7. The van der Waals surface area contributed by atoms with Crippen LogP contribution in [0.5, 0.6) is 5.75 Å². The molecule has 0 aliphatic heterocycles. The molecule has 2 amide bonds. The predicted molar refractivity (Wildman–Crippen MR) is 96.1 cm³/mol. The maximum atomic E-state index is 11.9. The molecule has 2 N–H and O–H groups in total. The van der Waals surface area contributed by atoms with Crippen molar-refractivity contribution in [2.75, 3.05) is 18.5 Å². The van der Waals surface area contributed by atoms with Crippen LogP contribution in [-0.2, 0) is 9.59 Å². The van der Waals surface area contributed by atoms with Crippen molar-refractivity contribution in [3.8, 4) is 5.75 Å². The number of carbonyl (C=O) groups is 2. The molecule has 136 valence electrons. The minimum absolute atomic E-state index is 0.00696. The minimum Gasteiger partial charge on any atom is -0.477 e. The average molecular weight is 357 g/mol. The van der Waals surface area contributed by atoms with E-state index in [1.165, 1.54) is 18.2 Å². The summed E-state index contributed by atoms with van der Waals surface area (Å²) in [6.45, 7) is 3.17. The van der Waals surface area contributed by atoms with Gasteiger partial charge in [-0.3, -0.25) is 19.7 Å². The third-order valence-electron chi connectivity index (χ3n) is 3.75. The number of nitro groups is 1. The zero-order chi connectivity index (χ0) is 19.1. The molecule has 8 nitrogen and oxygen atoms in total. The molecule has 2 aromatic carbocycles. The van der Waals surface area contributed by atoms with Gasteiger partial charge in [-0.15, -0.1) is 0 Å². The molecule has 0 aliphatic rings. The quantitative estimate of drug-likeness (QED) is 0.584. The molecule has 2 aromatic rings. The van der Waals surface area contributed by atoms with Crippen LogP contribution in [0.3, 0.4) is 0 Å². The van der Waals surface area contributed by atoms with Crippen molar-refractivity contribution < 1.29 is 19.2 Å². The van der Waals surface area contributed by atoms with Gasteiger partial charge in [-0.2, -0.15) is 0 Å². The van der Waals surface area contributed by atoms with Crippen molar-refractivity contribution in [1.29, 1.82) is 0 Å². The number of hydrogen-bond donors (Lipinski definition) is 2. The van der Waals surface area contributed by atoms with Crippen molar-refractivity contribution in [3.63, 3.8) is 0 Å². The van der Waals surface area contributed by atoms with Crippen LogP contribution in [-0.4, -0.2) is 29.9 Å². The molecule has 2 rings (SSSR count). The number of hydrogen-bond acceptors (Lipinski definition) is 5. The predicted octanol–water partition coefficient (Wildman–Crippen LogP) is 2.35. The number of nitro benzene ring substituents is 1. The highest BCUT2D eigenvalue weighted by atomic mass is 16.6. The summed E-state index contributed by atoms with van der Waals surface area (Å²) in [5.74, 6) is -0.940. The molecular weight excluding hydrogens is 338 g/mol. The van der Waals surface area contributed by atoms with Crippen LogP contribution in [0.25, 0.3) is 0 Å². The Morgan fingerprint density at radius 1 is 1.08 bits per heavy atom. The second kappa shape index (κ2) is 8.61. The summed E-state index contributed by atoms with van der Waals surface area (Å²) in [4.78, 5) is 34.0. The number of amides is 2. The maximum absolute atomic E-state index is 11.9. The molecule has 0 heterocycles. The third-order valence-corrected chi connectivity index (χ3v) is 3.75. The molecule has 0 saturated carbocycles. The second-order valence-electron chi connectivity index (χ2n) is 5.59. The summed E-state index contributed by atoms with van der Waals surface area (Å²) in [6.07, 6.45) is 0. The van der Waals surface area contributed by atoms with E-state index >= 15 is 0 Å². The molecule has 0 saturated heterocycles. The van der Waals surface area contributed by atoms with E-state index < -0.39 is 17.4 Å². The van der Waals surface area contributed by atoms with Crippen LogP contribution in [0.4, 0.5) is 11.4 Å². The van der Waals surface area contributed by atoms with Gasteiger partial charge in [0.15, 0.2) is 12.4 Å². The van der Waals surface area contributed by atoms with E-state index in [2.05, 4.69) is 10.6 Å². The Morgan fingerprint density at radius 3 is 2.54 bits per heavy atom. The summed E-state index contributed by atoms with van der Waals surface area (Å²) >= 11 is 0. The van der Waals surface area contributed by atoms with Crippen molar-refractivity contribution in [1.82, 2.24) is 5.32 Å². The lowest BCUT2D eigenvalue weighted by Gasteiger charge is -2.11. The van der Waals surface area contributed by atoms with E-state index in [-0.39, 0.29) is 23.9 Å². The lowest BCUT2D eigenvalue weighted by Crippen LogP contribution is -2.35. The molecule has 0 radical (unpaired) electrons. The highest BCUT2D eigenvalue weighted by Crippen LogP contribution is 2.25. The van der Waals surface area contributed by atoms with Gasteiger partial charge in [0.25, 0.3) is 5.91 Å². The molecular formula is C18H19N3O5. The zero-order valence-electron chi connectivity index (χ0n) is 14.4. The average Bonchev–Trinajstić information content (AvgIpc) is 2.62. The van der Waals surface area contributed by atoms with Crippen LogP contribution in [0.15, 0.2) is 42.5 Å². The maximum Gasteiger partial charge on any atom is 0.310 e. The lowest BCUT2D eigenvalue weighted by molar-refractivity contribution is -0.385. The Bertz CT molecular complexity index is 835. The van der Waals surface area contributed by atoms with Crippen molar-refractivity contribution >= 4 is 23.2 Å². The SMILES string of the molecule is Cc1cccc(NC(=O)CNC(=O)COc2ccccc2[N+](=O)[O-])c1C. The van der Waals surface area contributed by atoms with Crippen molar-refractivity contribution in [2.45, 2.75) is 13.8 Å². The molecule has 0 fully saturated rings. The Balaban J connectivity index is 1.83.